The number of rotatable bonds is 6. The number of piperidine rings is 1. The summed E-state index contributed by atoms with van der Waals surface area (Å²) in [7, 11) is 0. The topological polar surface area (TPSA) is 84.7 Å². The van der Waals surface area contributed by atoms with Crippen LogP contribution in [0.5, 0.6) is 0 Å². The number of nitrogens with two attached hydrogens (primary N) is 1. The number of carbonyl (C=O) groups is 2. The van der Waals surface area contributed by atoms with E-state index in [1.807, 2.05) is 0 Å². The van der Waals surface area contributed by atoms with Crippen LogP contribution in [-0.4, -0.2) is 49.2 Å². The number of hydrogen-bond acceptors (Lipinski definition) is 4. The second kappa shape index (κ2) is 7.99. The molecule has 1 heterocycles. The molecule has 1 rings (SSSR count). The minimum atomic E-state index is -0.420. The molecule has 1 fully saturated rings. The summed E-state index contributed by atoms with van der Waals surface area (Å²) >= 11 is 0. The summed E-state index contributed by atoms with van der Waals surface area (Å²) in [6, 6.07) is -0.211. The van der Waals surface area contributed by atoms with Gasteiger partial charge in [0.1, 0.15) is 0 Å². The molecule has 1 aliphatic rings. The van der Waals surface area contributed by atoms with Crippen LogP contribution >= 0.6 is 0 Å². The van der Waals surface area contributed by atoms with Gasteiger partial charge >= 0.3 is 12.0 Å². The monoisotopic (exact) mass is 271 g/mol. The smallest absolute Gasteiger partial charge is 0.314 e. The molecule has 110 valence electrons. The molecular weight excluding hydrogens is 246 g/mol. The lowest BCUT2D eigenvalue weighted by atomic mass is 9.91. The van der Waals surface area contributed by atoms with Gasteiger partial charge in [-0.3, -0.25) is 4.79 Å². The molecule has 0 aromatic heterocycles. The highest BCUT2D eigenvalue weighted by molar-refractivity contribution is 5.73. The SMILES string of the molecule is CCCNC1CC(CC(=O)OCC)CN(C(N)=O)C1. The summed E-state index contributed by atoms with van der Waals surface area (Å²) in [6.07, 6.45) is 2.26. The van der Waals surface area contributed by atoms with Gasteiger partial charge in [0.2, 0.25) is 0 Å². The fourth-order valence-corrected chi connectivity index (χ4v) is 2.48. The van der Waals surface area contributed by atoms with Crippen molar-refractivity contribution in [3.63, 3.8) is 0 Å². The molecule has 1 aliphatic heterocycles. The summed E-state index contributed by atoms with van der Waals surface area (Å²) in [4.78, 5) is 24.5. The Morgan fingerprint density at radius 2 is 2.11 bits per heavy atom. The number of carbonyl (C=O) groups excluding carboxylic acids is 2. The maximum absolute atomic E-state index is 11.5. The maximum atomic E-state index is 11.5. The van der Waals surface area contributed by atoms with Gasteiger partial charge in [0.05, 0.1) is 13.0 Å². The Morgan fingerprint density at radius 3 is 2.68 bits per heavy atom. The van der Waals surface area contributed by atoms with Crippen molar-refractivity contribution < 1.29 is 14.3 Å². The van der Waals surface area contributed by atoms with E-state index in [4.69, 9.17) is 10.5 Å². The fourth-order valence-electron chi connectivity index (χ4n) is 2.48. The Morgan fingerprint density at radius 1 is 1.37 bits per heavy atom. The van der Waals surface area contributed by atoms with Crippen LogP contribution in [0.25, 0.3) is 0 Å². The van der Waals surface area contributed by atoms with Crippen LogP contribution < -0.4 is 11.1 Å². The predicted octanol–water partition coefficient (Wildman–Crippen LogP) is 0.708. The van der Waals surface area contributed by atoms with E-state index in [0.29, 0.717) is 26.1 Å². The van der Waals surface area contributed by atoms with E-state index in [2.05, 4.69) is 12.2 Å². The summed E-state index contributed by atoms with van der Waals surface area (Å²) in [6.45, 7) is 6.34. The molecule has 2 unspecified atom stereocenters. The number of nitrogens with one attached hydrogen (secondary N) is 1. The second-order valence-corrected chi connectivity index (χ2v) is 5.01. The fraction of sp³-hybridized carbons (Fsp3) is 0.846. The Hall–Kier alpha value is -1.30. The zero-order chi connectivity index (χ0) is 14.3. The quantitative estimate of drug-likeness (QED) is 0.697. The first-order valence-electron chi connectivity index (χ1n) is 7.00. The van der Waals surface area contributed by atoms with Gasteiger partial charge in [0.25, 0.3) is 0 Å². The largest absolute Gasteiger partial charge is 0.466 e. The molecule has 0 spiro atoms. The lowest BCUT2D eigenvalue weighted by molar-refractivity contribution is -0.144. The van der Waals surface area contributed by atoms with Crippen molar-refractivity contribution in [2.24, 2.45) is 11.7 Å². The van der Waals surface area contributed by atoms with Crippen molar-refractivity contribution >= 4 is 12.0 Å². The van der Waals surface area contributed by atoms with Crippen molar-refractivity contribution in [2.75, 3.05) is 26.2 Å². The van der Waals surface area contributed by atoms with E-state index in [1.54, 1.807) is 11.8 Å². The number of esters is 1. The van der Waals surface area contributed by atoms with Crippen molar-refractivity contribution in [2.45, 2.75) is 39.2 Å². The van der Waals surface area contributed by atoms with Crippen LogP contribution in [0.15, 0.2) is 0 Å². The van der Waals surface area contributed by atoms with E-state index >= 15 is 0 Å². The Balaban J connectivity index is 2.54. The van der Waals surface area contributed by atoms with Crippen LogP contribution in [0, 0.1) is 5.92 Å². The van der Waals surface area contributed by atoms with Crippen LogP contribution in [0.3, 0.4) is 0 Å². The number of ether oxygens (including phenoxy) is 1. The third kappa shape index (κ3) is 5.46. The van der Waals surface area contributed by atoms with Crippen LogP contribution in [0.1, 0.15) is 33.1 Å². The Labute approximate surface area is 114 Å². The zero-order valence-electron chi connectivity index (χ0n) is 11.9. The van der Waals surface area contributed by atoms with Crippen molar-refractivity contribution in [3.05, 3.63) is 0 Å². The summed E-state index contributed by atoms with van der Waals surface area (Å²) in [5.41, 5.74) is 5.35. The second-order valence-electron chi connectivity index (χ2n) is 5.01. The maximum Gasteiger partial charge on any atom is 0.314 e. The van der Waals surface area contributed by atoms with Gasteiger partial charge in [-0.05, 0) is 32.2 Å². The summed E-state index contributed by atoms with van der Waals surface area (Å²) < 4.78 is 4.96. The van der Waals surface area contributed by atoms with Gasteiger partial charge in [-0.2, -0.15) is 0 Å². The number of amides is 2. The average Bonchev–Trinajstić information content (AvgIpc) is 2.36. The average molecular weight is 271 g/mol. The van der Waals surface area contributed by atoms with Crippen molar-refractivity contribution in [1.29, 1.82) is 0 Å². The highest BCUT2D eigenvalue weighted by Crippen LogP contribution is 2.20. The predicted molar refractivity (Wildman–Crippen MR) is 72.6 cm³/mol. The lowest BCUT2D eigenvalue weighted by Crippen LogP contribution is -2.53. The molecule has 0 saturated carbocycles. The Bertz CT molecular complexity index is 310. The molecule has 19 heavy (non-hydrogen) atoms. The molecule has 0 bridgehead atoms. The van der Waals surface area contributed by atoms with Crippen molar-refractivity contribution in [1.82, 2.24) is 10.2 Å². The minimum absolute atomic E-state index is 0.120. The van der Waals surface area contributed by atoms with Gasteiger partial charge in [0, 0.05) is 19.1 Å². The van der Waals surface area contributed by atoms with E-state index in [-0.39, 0.29) is 17.9 Å². The van der Waals surface area contributed by atoms with Gasteiger partial charge in [-0.1, -0.05) is 6.92 Å². The number of urea groups is 1. The highest BCUT2D eigenvalue weighted by Gasteiger charge is 2.30. The van der Waals surface area contributed by atoms with E-state index < -0.39 is 6.03 Å². The van der Waals surface area contributed by atoms with E-state index in [9.17, 15) is 9.59 Å². The minimum Gasteiger partial charge on any atom is -0.466 e. The molecular formula is C13H25N3O3. The molecule has 6 heteroatoms. The van der Waals surface area contributed by atoms with Gasteiger partial charge < -0.3 is 20.7 Å². The van der Waals surface area contributed by atoms with Crippen LogP contribution in [-0.2, 0) is 9.53 Å². The van der Waals surface area contributed by atoms with Crippen LogP contribution in [0.2, 0.25) is 0 Å². The molecule has 0 radical (unpaired) electrons. The van der Waals surface area contributed by atoms with Gasteiger partial charge in [-0.25, -0.2) is 4.79 Å². The molecule has 6 nitrogen and oxygen atoms in total. The molecule has 0 aliphatic carbocycles. The first-order valence-corrected chi connectivity index (χ1v) is 7.00. The molecule has 0 aromatic rings. The summed E-state index contributed by atoms with van der Waals surface area (Å²) in [5, 5.41) is 3.39. The summed E-state index contributed by atoms with van der Waals surface area (Å²) in [5.74, 6) is -0.0808. The number of nitrogens with zero attached hydrogens (tertiary/aromatic N) is 1. The molecule has 3 N–H and O–H groups in total. The first-order chi connectivity index (χ1) is 9.06. The first kappa shape index (κ1) is 15.8. The molecule has 2 amide bonds. The standard InChI is InChI=1S/C13H25N3O3/c1-3-5-15-11-6-10(7-12(17)19-4-2)8-16(9-11)13(14)18/h10-11,15H,3-9H2,1-2H3,(H2,14,18). The van der Waals surface area contributed by atoms with E-state index in [0.717, 1.165) is 19.4 Å². The number of hydrogen-bond donors (Lipinski definition) is 2. The normalized spacial score (nSPS) is 23.2. The third-order valence-electron chi connectivity index (χ3n) is 3.29. The Kier molecular flexibility index (Phi) is 6.62. The highest BCUT2D eigenvalue weighted by atomic mass is 16.5. The lowest BCUT2D eigenvalue weighted by Gasteiger charge is -2.37. The molecule has 2 atom stereocenters. The van der Waals surface area contributed by atoms with Gasteiger partial charge in [0.15, 0.2) is 0 Å². The third-order valence-corrected chi connectivity index (χ3v) is 3.29. The number of primary amides is 1. The number of likely N-dealkylation sites (tertiary alicyclic amines) is 1. The molecule has 0 aromatic carbocycles. The zero-order valence-corrected chi connectivity index (χ0v) is 11.9. The van der Waals surface area contributed by atoms with E-state index in [1.165, 1.54) is 0 Å². The van der Waals surface area contributed by atoms with Gasteiger partial charge in [-0.15, -0.1) is 0 Å². The van der Waals surface area contributed by atoms with Crippen molar-refractivity contribution in [3.8, 4) is 0 Å². The van der Waals surface area contributed by atoms with Crippen LogP contribution in [0.4, 0.5) is 4.79 Å². The molecule has 1 saturated heterocycles.